The molecule has 0 aliphatic heterocycles. The Morgan fingerprint density at radius 3 is 2.63 bits per heavy atom. The first-order chi connectivity index (χ1) is 9.10. The van der Waals surface area contributed by atoms with Crippen molar-refractivity contribution in [2.75, 3.05) is 6.54 Å². The van der Waals surface area contributed by atoms with E-state index in [1.807, 2.05) is 25.1 Å². The summed E-state index contributed by atoms with van der Waals surface area (Å²) in [4.78, 5) is 0. The second-order valence-electron chi connectivity index (χ2n) is 4.19. The van der Waals surface area contributed by atoms with E-state index < -0.39 is 0 Å². The van der Waals surface area contributed by atoms with Gasteiger partial charge in [-0.15, -0.1) is 0 Å². The van der Waals surface area contributed by atoms with Gasteiger partial charge in [0.2, 0.25) is 0 Å². The van der Waals surface area contributed by atoms with Gasteiger partial charge in [-0.25, -0.2) is 4.39 Å². The van der Waals surface area contributed by atoms with Crippen LogP contribution in [0.2, 0.25) is 0 Å². The first kappa shape index (κ1) is 14.8. The summed E-state index contributed by atoms with van der Waals surface area (Å²) in [5.74, 6) is 0.596. The van der Waals surface area contributed by atoms with Crippen LogP contribution in [-0.4, -0.2) is 6.54 Å². The van der Waals surface area contributed by atoms with Gasteiger partial charge >= 0.3 is 0 Å². The molecule has 0 fully saturated rings. The molecule has 0 bridgehead atoms. The molecule has 2 aromatic rings. The molecule has 0 saturated carbocycles. The summed E-state index contributed by atoms with van der Waals surface area (Å²) in [6, 6.07) is 8.83. The zero-order valence-corrected chi connectivity index (χ0v) is 13.6. The molecule has 0 radical (unpaired) electrons. The monoisotopic (exact) mass is 389 g/mol. The molecule has 19 heavy (non-hydrogen) atoms. The third-order valence-electron chi connectivity index (χ3n) is 2.83. The Labute approximate surface area is 128 Å². The summed E-state index contributed by atoms with van der Waals surface area (Å²) in [5.41, 5.74) is 0.668. The zero-order chi connectivity index (χ0) is 13.8. The molecule has 0 spiro atoms. The van der Waals surface area contributed by atoms with E-state index in [4.69, 9.17) is 4.42 Å². The highest BCUT2D eigenvalue weighted by Crippen LogP contribution is 2.25. The molecule has 2 rings (SSSR count). The van der Waals surface area contributed by atoms with Crippen LogP contribution in [0.1, 0.15) is 24.3 Å². The van der Waals surface area contributed by atoms with Gasteiger partial charge in [0.15, 0.2) is 4.67 Å². The van der Waals surface area contributed by atoms with E-state index in [9.17, 15) is 4.39 Å². The summed E-state index contributed by atoms with van der Waals surface area (Å²) in [7, 11) is 0. The number of furan rings is 1. The maximum Gasteiger partial charge on any atom is 0.169 e. The number of nitrogens with one attached hydrogen (secondary N) is 1. The maximum atomic E-state index is 13.9. The van der Waals surface area contributed by atoms with E-state index in [1.165, 1.54) is 6.07 Å². The maximum absolute atomic E-state index is 13.9. The fourth-order valence-electron chi connectivity index (χ4n) is 1.94. The molecule has 5 heteroatoms. The largest absolute Gasteiger partial charge is 0.453 e. The van der Waals surface area contributed by atoms with Crippen molar-refractivity contribution in [1.82, 2.24) is 5.32 Å². The van der Waals surface area contributed by atoms with Crippen molar-refractivity contribution in [1.29, 1.82) is 0 Å². The van der Waals surface area contributed by atoms with Gasteiger partial charge in [-0.2, -0.15) is 0 Å². The number of likely N-dealkylation sites (N-methyl/N-ethyl adjacent to an activating group) is 1. The molecule has 1 heterocycles. The van der Waals surface area contributed by atoms with Crippen LogP contribution in [0, 0.1) is 5.82 Å². The van der Waals surface area contributed by atoms with Gasteiger partial charge in [0.05, 0.1) is 6.04 Å². The Balaban J connectivity index is 2.21. The van der Waals surface area contributed by atoms with Crippen LogP contribution in [0.15, 0.2) is 43.9 Å². The molecule has 1 N–H and O–H groups in total. The predicted octanol–water partition coefficient (Wildman–Crippen LogP) is 4.84. The molecular weight excluding hydrogens is 377 g/mol. The van der Waals surface area contributed by atoms with Crippen molar-refractivity contribution < 1.29 is 8.81 Å². The first-order valence-electron chi connectivity index (χ1n) is 6.02. The summed E-state index contributed by atoms with van der Waals surface area (Å²) in [6.07, 6.45) is 0.549. The zero-order valence-electron chi connectivity index (χ0n) is 10.4. The average molecular weight is 391 g/mol. The molecule has 102 valence electrons. The van der Waals surface area contributed by atoms with Gasteiger partial charge < -0.3 is 9.73 Å². The molecule has 2 nitrogen and oxygen atoms in total. The third-order valence-corrected chi connectivity index (χ3v) is 3.75. The van der Waals surface area contributed by atoms with E-state index in [-0.39, 0.29) is 11.9 Å². The number of hydrogen-bond acceptors (Lipinski definition) is 2. The summed E-state index contributed by atoms with van der Waals surface area (Å²) in [5, 5.41) is 3.31. The summed E-state index contributed by atoms with van der Waals surface area (Å²) < 4.78 is 20.9. The van der Waals surface area contributed by atoms with Crippen LogP contribution in [0.5, 0.6) is 0 Å². The smallest absolute Gasteiger partial charge is 0.169 e. The van der Waals surface area contributed by atoms with E-state index in [0.717, 1.165) is 16.8 Å². The van der Waals surface area contributed by atoms with Gasteiger partial charge in [-0.05, 0) is 58.7 Å². The SMILES string of the molecule is CCNC(Cc1ccc(Br)cc1F)c1ccc(Br)o1. The summed E-state index contributed by atoms with van der Waals surface area (Å²) >= 11 is 6.55. The lowest BCUT2D eigenvalue weighted by atomic mass is 10.0. The Morgan fingerprint density at radius 2 is 2.05 bits per heavy atom. The van der Waals surface area contributed by atoms with Gasteiger partial charge in [-0.1, -0.05) is 28.9 Å². The van der Waals surface area contributed by atoms with Crippen LogP contribution >= 0.6 is 31.9 Å². The number of rotatable bonds is 5. The second kappa shape index (κ2) is 6.68. The lowest BCUT2D eigenvalue weighted by molar-refractivity contribution is 0.402. The third kappa shape index (κ3) is 3.91. The van der Waals surface area contributed by atoms with E-state index in [2.05, 4.69) is 37.2 Å². The van der Waals surface area contributed by atoms with Crippen molar-refractivity contribution in [3.05, 3.63) is 56.6 Å². The number of halogens is 3. The minimum atomic E-state index is -0.206. The molecule has 0 saturated heterocycles. The molecule has 1 unspecified atom stereocenters. The van der Waals surface area contributed by atoms with E-state index in [1.54, 1.807) is 6.07 Å². The van der Waals surface area contributed by atoms with Crippen molar-refractivity contribution in [2.24, 2.45) is 0 Å². The number of benzene rings is 1. The Bertz CT molecular complexity index is 556. The molecule has 0 amide bonds. The molecular formula is C14H14Br2FNO. The fourth-order valence-corrected chi connectivity index (χ4v) is 2.59. The molecule has 0 aliphatic rings. The Hall–Kier alpha value is -0.650. The Morgan fingerprint density at radius 1 is 1.26 bits per heavy atom. The molecule has 1 aromatic carbocycles. The van der Waals surface area contributed by atoms with Crippen molar-refractivity contribution in [2.45, 2.75) is 19.4 Å². The number of hydrogen-bond donors (Lipinski definition) is 1. The average Bonchev–Trinajstić information content (AvgIpc) is 2.78. The standard InChI is InChI=1S/C14H14Br2FNO/c1-2-18-12(13-5-6-14(16)19-13)7-9-3-4-10(15)8-11(9)17/h3-6,8,12,18H,2,7H2,1H3. The van der Waals surface area contributed by atoms with Crippen molar-refractivity contribution in [3.8, 4) is 0 Å². The normalized spacial score (nSPS) is 12.6. The topological polar surface area (TPSA) is 25.2 Å². The fraction of sp³-hybridized carbons (Fsp3) is 0.286. The van der Waals surface area contributed by atoms with Gasteiger partial charge in [-0.3, -0.25) is 0 Å². The first-order valence-corrected chi connectivity index (χ1v) is 7.61. The molecule has 0 aliphatic carbocycles. The lowest BCUT2D eigenvalue weighted by Gasteiger charge is -2.16. The van der Waals surface area contributed by atoms with E-state index >= 15 is 0 Å². The van der Waals surface area contributed by atoms with Crippen LogP contribution in [0.25, 0.3) is 0 Å². The van der Waals surface area contributed by atoms with Crippen LogP contribution < -0.4 is 5.32 Å². The minimum Gasteiger partial charge on any atom is -0.453 e. The van der Waals surface area contributed by atoms with Crippen molar-refractivity contribution in [3.63, 3.8) is 0 Å². The van der Waals surface area contributed by atoms with Gasteiger partial charge in [0.1, 0.15) is 11.6 Å². The molecule has 1 atom stereocenters. The highest BCUT2D eigenvalue weighted by atomic mass is 79.9. The highest BCUT2D eigenvalue weighted by Gasteiger charge is 2.17. The van der Waals surface area contributed by atoms with Gasteiger partial charge in [0, 0.05) is 4.47 Å². The van der Waals surface area contributed by atoms with E-state index in [0.29, 0.717) is 16.7 Å². The lowest BCUT2D eigenvalue weighted by Crippen LogP contribution is -2.22. The minimum absolute atomic E-state index is 0.0352. The quantitative estimate of drug-likeness (QED) is 0.790. The van der Waals surface area contributed by atoms with Crippen LogP contribution in [0.3, 0.4) is 0 Å². The van der Waals surface area contributed by atoms with Crippen LogP contribution in [0.4, 0.5) is 4.39 Å². The summed E-state index contributed by atoms with van der Waals surface area (Å²) in [6.45, 7) is 2.81. The predicted molar refractivity (Wildman–Crippen MR) is 80.6 cm³/mol. The van der Waals surface area contributed by atoms with Crippen molar-refractivity contribution >= 4 is 31.9 Å². The van der Waals surface area contributed by atoms with Gasteiger partial charge in [0.25, 0.3) is 0 Å². The Kier molecular flexibility index (Phi) is 5.19. The highest BCUT2D eigenvalue weighted by molar-refractivity contribution is 9.10. The van der Waals surface area contributed by atoms with Crippen LogP contribution in [-0.2, 0) is 6.42 Å². The second-order valence-corrected chi connectivity index (χ2v) is 5.89. The molecule has 1 aromatic heterocycles.